The molecule has 1 N–H and O–H groups in total. The van der Waals surface area contributed by atoms with Crippen molar-refractivity contribution in [3.63, 3.8) is 0 Å². The van der Waals surface area contributed by atoms with Crippen LogP contribution in [0.2, 0.25) is 10.0 Å². The Morgan fingerprint density at radius 3 is 2.61 bits per heavy atom. The summed E-state index contributed by atoms with van der Waals surface area (Å²) < 4.78 is 13.0. The van der Waals surface area contributed by atoms with Gasteiger partial charge in [0, 0.05) is 23.8 Å². The molecule has 0 unspecified atom stereocenters. The highest BCUT2D eigenvalue weighted by Gasteiger charge is 2.33. The Morgan fingerprint density at radius 1 is 1.18 bits per heavy atom. The number of ether oxygens (including phenoxy) is 2. The maximum absolute atomic E-state index is 13.1. The van der Waals surface area contributed by atoms with Crippen molar-refractivity contribution in [3.05, 3.63) is 75.2 Å². The average molecular weight is 503 g/mol. The molecular weight excluding hydrogens is 483 g/mol. The summed E-state index contributed by atoms with van der Waals surface area (Å²) in [6.45, 7) is 2.04. The fourth-order valence-corrected chi connectivity index (χ4v) is 4.23. The van der Waals surface area contributed by atoms with Crippen molar-refractivity contribution >= 4 is 58.2 Å². The van der Waals surface area contributed by atoms with Crippen molar-refractivity contribution < 1.29 is 14.3 Å². The first-order valence-electron chi connectivity index (χ1n) is 9.89. The van der Waals surface area contributed by atoms with Crippen molar-refractivity contribution in [2.24, 2.45) is 7.05 Å². The molecule has 4 rings (SSSR count). The number of thiocarbonyl (C=S) groups is 1. The molecule has 0 bridgehead atoms. The molecule has 0 aliphatic carbocycles. The fourth-order valence-electron chi connectivity index (χ4n) is 3.48. The first-order valence-corrected chi connectivity index (χ1v) is 11.1. The molecule has 1 aliphatic heterocycles. The van der Waals surface area contributed by atoms with E-state index in [1.165, 1.54) is 4.90 Å². The Labute approximate surface area is 206 Å². The zero-order valence-corrected chi connectivity index (χ0v) is 20.4. The van der Waals surface area contributed by atoms with Crippen LogP contribution in [0.4, 0.5) is 5.69 Å². The zero-order chi connectivity index (χ0) is 23.7. The van der Waals surface area contributed by atoms with E-state index < -0.39 is 0 Å². The summed E-state index contributed by atoms with van der Waals surface area (Å²) >= 11 is 17.5. The van der Waals surface area contributed by atoms with Crippen LogP contribution in [0.25, 0.3) is 6.08 Å². The molecule has 0 spiro atoms. The highest BCUT2D eigenvalue weighted by molar-refractivity contribution is 7.80. The number of carbonyl (C=O) groups is 1. The highest BCUT2D eigenvalue weighted by atomic mass is 35.5. The van der Waals surface area contributed by atoms with Gasteiger partial charge in [-0.1, -0.05) is 29.3 Å². The topological polar surface area (TPSA) is 68.6 Å². The Morgan fingerprint density at radius 2 is 1.94 bits per heavy atom. The van der Waals surface area contributed by atoms with E-state index in [0.29, 0.717) is 43.7 Å². The molecule has 10 heteroatoms. The number of nitrogens with zero attached hydrogens (tertiary/aromatic N) is 3. The second-order valence-corrected chi connectivity index (χ2v) is 8.57. The monoisotopic (exact) mass is 502 g/mol. The molecule has 1 saturated heterocycles. The van der Waals surface area contributed by atoms with Gasteiger partial charge in [0.25, 0.3) is 5.91 Å². The maximum atomic E-state index is 13.1. The van der Waals surface area contributed by atoms with E-state index in [9.17, 15) is 4.79 Å². The standard InChI is InChI=1S/C23H20Cl2N4O3S/c1-13-19(11-28(2)27-13)29-22(30)18(26-23(29)33)9-14-4-6-20(31-3)15(8-14)12-32-21-7-5-16(24)10-17(21)25/h4-11H,12H2,1-3H3,(H,26,33)/b18-9+. The van der Waals surface area contributed by atoms with Gasteiger partial charge in [-0.2, -0.15) is 5.10 Å². The number of nitrogens with one attached hydrogen (secondary N) is 1. The largest absolute Gasteiger partial charge is 0.496 e. The van der Waals surface area contributed by atoms with E-state index in [4.69, 9.17) is 44.9 Å². The van der Waals surface area contributed by atoms with Gasteiger partial charge >= 0.3 is 0 Å². The van der Waals surface area contributed by atoms with Crippen LogP contribution in [0, 0.1) is 6.92 Å². The molecule has 2 aromatic carbocycles. The smallest absolute Gasteiger partial charge is 0.281 e. The molecule has 33 heavy (non-hydrogen) atoms. The van der Waals surface area contributed by atoms with Crippen molar-refractivity contribution in [3.8, 4) is 11.5 Å². The summed E-state index contributed by atoms with van der Waals surface area (Å²) in [6.07, 6.45) is 3.49. The van der Waals surface area contributed by atoms with Crippen LogP contribution in [0.1, 0.15) is 16.8 Å². The van der Waals surface area contributed by atoms with Crippen LogP contribution in [0.15, 0.2) is 48.3 Å². The predicted octanol–water partition coefficient (Wildman–Crippen LogP) is 4.89. The van der Waals surface area contributed by atoms with Crippen molar-refractivity contribution in [1.29, 1.82) is 0 Å². The van der Waals surface area contributed by atoms with E-state index in [1.807, 2.05) is 25.1 Å². The lowest BCUT2D eigenvalue weighted by Gasteiger charge is -2.12. The molecule has 3 aromatic rings. The van der Waals surface area contributed by atoms with Gasteiger partial charge in [-0.15, -0.1) is 0 Å². The van der Waals surface area contributed by atoms with Gasteiger partial charge in [-0.25, -0.2) is 4.90 Å². The normalized spacial score (nSPS) is 14.7. The third kappa shape index (κ3) is 4.83. The third-order valence-electron chi connectivity index (χ3n) is 5.00. The number of aryl methyl sites for hydroxylation is 2. The Bertz CT molecular complexity index is 1290. The summed E-state index contributed by atoms with van der Waals surface area (Å²) in [5.74, 6) is 0.904. The summed E-state index contributed by atoms with van der Waals surface area (Å²) in [6, 6.07) is 10.6. The minimum atomic E-state index is -0.252. The fraction of sp³-hybridized carbons (Fsp3) is 0.174. The van der Waals surface area contributed by atoms with Crippen molar-refractivity contribution in [2.45, 2.75) is 13.5 Å². The minimum Gasteiger partial charge on any atom is -0.496 e. The Kier molecular flexibility index (Phi) is 6.60. The van der Waals surface area contributed by atoms with Crippen LogP contribution in [-0.4, -0.2) is 27.9 Å². The average Bonchev–Trinajstić information content (AvgIpc) is 3.23. The van der Waals surface area contributed by atoms with Gasteiger partial charge in [0.1, 0.15) is 23.8 Å². The molecular formula is C23H20Cl2N4O3S. The number of anilines is 1. The van der Waals surface area contributed by atoms with Crippen LogP contribution in [0.3, 0.4) is 0 Å². The summed E-state index contributed by atoms with van der Waals surface area (Å²) in [4.78, 5) is 14.5. The molecule has 1 aliphatic rings. The second kappa shape index (κ2) is 9.43. The molecule has 0 radical (unpaired) electrons. The van der Waals surface area contributed by atoms with E-state index in [-0.39, 0.29) is 12.5 Å². The van der Waals surface area contributed by atoms with Gasteiger partial charge in [-0.3, -0.25) is 9.48 Å². The number of amides is 1. The van der Waals surface area contributed by atoms with E-state index in [2.05, 4.69) is 10.4 Å². The third-order valence-corrected chi connectivity index (χ3v) is 5.81. The Balaban J connectivity index is 1.58. The summed E-state index contributed by atoms with van der Waals surface area (Å²) in [5.41, 5.74) is 3.28. The molecule has 170 valence electrons. The van der Waals surface area contributed by atoms with Crippen molar-refractivity contribution in [2.75, 3.05) is 12.0 Å². The van der Waals surface area contributed by atoms with Gasteiger partial charge < -0.3 is 14.8 Å². The quantitative estimate of drug-likeness (QED) is 0.382. The lowest BCUT2D eigenvalue weighted by molar-refractivity contribution is -0.113. The number of carbonyl (C=O) groups excluding carboxylic acids is 1. The van der Waals surface area contributed by atoms with Crippen LogP contribution < -0.4 is 19.7 Å². The van der Waals surface area contributed by atoms with E-state index in [1.54, 1.807) is 49.3 Å². The van der Waals surface area contributed by atoms with Gasteiger partial charge in [0.2, 0.25) is 0 Å². The molecule has 2 heterocycles. The van der Waals surface area contributed by atoms with Crippen molar-refractivity contribution in [1.82, 2.24) is 15.1 Å². The van der Waals surface area contributed by atoms with Gasteiger partial charge in [-0.05, 0) is 61.1 Å². The number of methoxy groups -OCH3 is 1. The first kappa shape index (κ1) is 23.1. The van der Waals surface area contributed by atoms with Crippen LogP contribution >= 0.6 is 35.4 Å². The number of hydrogen-bond donors (Lipinski definition) is 1. The molecule has 1 amide bonds. The zero-order valence-electron chi connectivity index (χ0n) is 18.1. The number of benzene rings is 2. The molecule has 1 fully saturated rings. The number of hydrogen-bond acceptors (Lipinski definition) is 5. The highest BCUT2D eigenvalue weighted by Crippen LogP contribution is 2.30. The minimum absolute atomic E-state index is 0.211. The first-order chi connectivity index (χ1) is 15.8. The number of aromatic nitrogens is 2. The lowest BCUT2D eigenvalue weighted by atomic mass is 10.1. The van der Waals surface area contributed by atoms with Gasteiger partial charge in [0.15, 0.2) is 5.11 Å². The summed E-state index contributed by atoms with van der Waals surface area (Å²) in [5, 5.41) is 8.53. The summed E-state index contributed by atoms with van der Waals surface area (Å²) in [7, 11) is 3.38. The lowest BCUT2D eigenvalue weighted by Crippen LogP contribution is -2.30. The SMILES string of the molecule is COc1ccc(/C=C2/NC(=S)N(c3cn(C)nc3C)C2=O)cc1COc1ccc(Cl)cc1Cl. The molecule has 0 saturated carbocycles. The molecule has 7 nitrogen and oxygen atoms in total. The van der Waals surface area contributed by atoms with Gasteiger partial charge in [0.05, 0.1) is 23.5 Å². The number of halogens is 2. The Hall–Kier alpha value is -3.07. The van der Waals surface area contributed by atoms with E-state index in [0.717, 1.165) is 11.1 Å². The molecule has 0 atom stereocenters. The number of rotatable bonds is 6. The van der Waals surface area contributed by atoms with E-state index >= 15 is 0 Å². The van der Waals surface area contributed by atoms with Crippen LogP contribution in [0.5, 0.6) is 11.5 Å². The molecule has 1 aromatic heterocycles. The second-order valence-electron chi connectivity index (χ2n) is 7.34. The predicted molar refractivity (Wildman–Crippen MR) is 133 cm³/mol. The maximum Gasteiger partial charge on any atom is 0.281 e. The van der Waals surface area contributed by atoms with Crippen LogP contribution in [-0.2, 0) is 18.4 Å².